The van der Waals surface area contributed by atoms with E-state index in [-0.39, 0.29) is 11.4 Å². The van der Waals surface area contributed by atoms with Gasteiger partial charge in [0.15, 0.2) is 0 Å². The summed E-state index contributed by atoms with van der Waals surface area (Å²) in [4.78, 5) is 0. The Bertz CT molecular complexity index is 403. The molecule has 0 saturated heterocycles. The molecule has 2 nitrogen and oxygen atoms in total. The summed E-state index contributed by atoms with van der Waals surface area (Å²) >= 11 is 0. The average molecular weight is 224 g/mol. The second-order valence-electron chi connectivity index (χ2n) is 4.97. The van der Waals surface area contributed by atoms with Crippen LogP contribution < -0.4 is 4.74 Å². The maximum atomic E-state index is 13.1. The number of hydrogen-bond acceptors (Lipinski definition) is 2. The van der Waals surface area contributed by atoms with Gasteiger partial charge in [-0.1, -0.05) is 13.8 Å². The van der Waals surface area contributed by atoms with Crippen molar-refractivity contribution in [2.45, 2.75) is 38.9 Å². The Morgan fingerprint density at radius 1 is 1.50 bits per heavy atom. The van der Waals surface area contributed by atoms with Gasteiger partial charge in [-0.3, -0.25) is 0 Å². The first-order valence-corrected chi connectivity index (χ1v) is 5.59. The van der Waals surface area contributed by atoms with Crippen molar-refractivity contribution in [3.05, 3.63) is 29.6 Å². The summed E-state index contributed by atoms with van der Waals surface area (Å²) in [5.74, 6) is 0.547. The van der Waals surface area contributed by atoms with Gasteiger partial charge in [0.25, 0.3) is 0 Å². The van der Waals surface area contributed by atoms with Crippen molar-refractivity contribution in [2.75, 3.05) is 0 Å². The Balaban J connectivity index is 2.40. The van der Waals surface area contributed by atoms with E-state index in [9.17, 15) is 9.50 Å². The molecule has 0 spiro atoms. The van der Waals surface area contributed by atoms with E-state index in [1.807, 2.05) is 6.92 Å². The molecule has 88 valence electrons. The summed E-state index contributed by atoms with van der Waals surface area (Å²) in [5.41, 5.74) is 0.169. The number of aliphatic hydroxyl groups excluding tert-OH is 1. The number of aliphatic hydroxyl groups is 1. The smallest absolute Gasteiger partial charge is 0.126 e. The highest BCUT2D eigenvalue weighted by atomic mass is 19.1. The summed E-state index contributed by atoms with van der Waals surface area (Å²) in [5, 5.41) is 10.0. The second-order valence-corrected chi connectivity index (χ2v) is 4.97. The summed E-state index contributed by atoms with van der Waals surface area (Å²) < 4.78 is 18.9. The van der Waals surface area contributed by atoms with E-state index in [4.69, 9.17) is 4.74 Å². The van der Waals surface area contributed by atoms with E-state index in [2.05, 4.69) is 13.8 Å². The normalized spacial score (nSPS) is 28.8. The minimum atomic E-state index is -0.646. The lowest BCUT2D eigenvalue weighted by molar-refractivity contribution is -0.0323. The zero-order valence-corrected chi connectivity index (χ0v) is 9.83. The highest BCUT2D eigenvalue weighted by molar-refractivity contribution is 5.38. The van der Waals surface area contributed by atoms with Gasteiger partial charge in [-0.05, 0) is 31.0 Å². The molecule has 3 heteroatoms. The first kappa shape index (κ1) is 11.4. The van der Waals surface area contributed by atoms with Crippen LogP contribution in [0.5, 0.6) is 5.75 Å². The third kappa shape index (κ3) is 1.80. The first-order valence-electron chi connectivity index (χ1n) is 5.59. The molecular weight excluding hydrogens is 207 g/mol. The maximum absolute atomic E-state index is 13.1. The molecule has 16 heavy (non-hydrogen) atoms. The summed E-state index contributed by atoms with van der Waals surface area (Å²) in [6, 6.07) is 4.30. The lowest BCUT2D eigenvalue weighted by Crippen LogP contribution is -2.42. The zero-order valence-electron chi connectivity index (χ0n) is 9.83. The predicted octanol–water partition coefficient (Wildman–Crippen LogP) is 3.06. The molecule has 2 atom stereocenters. The van der Waals surface area contributed by atoms with E-state index >= 15 is 0 Å². The molecule has 1 N–H and O–H groups in total. The Hall–Kier alpha value is -1.09. The summed E-state index contributed by atoms with van der Waals surface area (Å²) in [7, 11) is 0. The summed E-state index contributed by atoms with van der Waals surface area (Å²) in [6.07, 6.45) is -0.145. The van der Waals surface area contributed by atoms with Gasteiger partial charge < -0.3 is 9.84 Å². The average Bonchev–Trinajstić information content (AvgIpc) is 2.19. The molecule has 0 fully saturated rings. The lowest BCUT2D eigenvalue weighted by atomic mass is 9.82. The largest absolute Gasteiger partial charge is 0.487 e. The van der Waals surface area contributed by atoms with Crippen LogP contribution in [0.3, 0.4) is 0 Å². The van der Waals surface area contributed by atoms with Gasteiger partial charge in [-0.25, -0.2) is 4.39 Å². The van der Waals surface area contributed by atoms with Gasteiger partial charge in [0.1, 0.15) is 17.2 Å². The second kappa shape index (κ2) is 3.74. The van der Waals surface area contributed by atoms with E-state index in [1.165, 1.54) is 12.1 Å². The molecule has 1 aromatic rings. The van der Waals surface area contributed by atoms with Crippen molar-refractivity contribution < 1.29 is 14.2 Å². The van der Waals surface area contributed by atoms with Crippen molar-refractivity contribution >= 4 is 0 Å². The number of ether oxygens (including phenoxy) is 1. The molecule has 0 aromatic heterocycles. The van der Waals surface area contributed by atoms with Crippen LogP contribution in [-0.2, 0) is 0 Å². The third-order valence-corrected chi connectivity index (χ3v) is 3.49. The van der Waals surface area contributed by atoms with E-state index in [0.29, 0.717) is 23.7 Å². The number of benzene rings is 1. The van der Waals surface area contributed by atoms with Gasteiger partial charge >= 0.3 is 0 Å². The molecule has 0 aliphatic carbocycles. The van der Waals surface area contributed by atoms with Gasteiger partial charge in [0.2, 0.25) is 0 Å². The molecule has 1 aromatic carbocycles. The highest BCUT2D eigenvalue weighted by Crippen LogP contribution is 2.42. The number of halogens is 1. The monoisotopic (exact) mass is 224 g/mol. The SMILES string of the molecule is CC(C)C1(C)CC(O)c2cc(F)ccc2O1. The highest BCUT2D eigenvalue weighted by Gasteiger charge is 2.39. The fraction of sp³-hybridized carbons (Fsp3) is 0.538. The maximum Gasteiger partial charge on any atom is 0.126 e. The number of fused-ring (bicyclic) bond motifs is 1. The van der Waals surface area contributed by atoms with Crippen LogP contribution in [0.4, 0.5) is 4.39 Å². The molecule has 0 radical (unpaired) electrons. The Morgan fingerprint density at radius 2 is 2.19 bits per heavy atom. The molecule has 2 unspecified atom stereocenters. The van der Waals surface area contributed by atoms with E-state index < -0.39 is 6.10 Å². The molecule has 2 rings (SSSR count). The van der Waals surface area contributed by atoms with E-state index in [0.717, 1.165) is 0 Å². The minimum Gasteiger partial charge on any atom is -0.487 e. The Morgan fingerprint density at radius 3 is 2.81 bits per heavy atom. The first-order chi connectivity index (χ1) is 7.42. The van der Waals surface area contributed by atoms with Gasteiger partial charge in [0, 0.05) is 12.0 Å². The van der Waals surface area contributed by atoms with Crippen LogP contribution in [0.15, 0.2) is 18.2 Å². The lowest BCUT2D eigenvalue weighted by Gasteiger charge is -2.41. The zero-order chi connectivity index (χ0) is 11.9. The van der Waals surface area contributed by atoms with Gasteiger partial charge in [0.05, 0.1) is 6.10 Å². The third-order valence-electron chi connectivity index (χ3n) is 3.49. The van der Waals surface area contributed by atoms with Crippen molar-refractivity contribution in [3.8, 4) is 5.75 Å². The van der Waals surface area contributed by atoms with Crippen LogP contribution in [0.1, 0.15) is 38.9 Å². The summed E-state index contributed by atoms with van der Waals surface area (Å²) in [6.45, 7) is 6.09. The molecular formula is C13H17FO2. The molecule has 1 aliphatic heterocycles. The molecule has 0 bridgehead atoms. The fourth-order valence-electron chi connectivity index (χ4n) is 2.01. The van der Waals surface area contributed by atoms with Crippen molar-refractivity contribution in [2.24, 2.45) is 5.92 Å². The van der Waals surface area contributed by atoms with Crippen LogP contribution >= 0.6 is 0 Å². The van der Waals surface area contributed by atoms with Gasteiger partial charge in [-0.15, -0.1) is 0 Å². The van der Waals surface area contributed by atoms with Crippen LogP contribution in [0.2, 0.25) is 0 Å². The Labute approximate surface area is 95.1 Å². The molecule has 0 saturated carbocycles. The molecule has 1 aliphatic rings. The van der Waals surface area contributed by atoms with Crippen molar-refractivity contribution in [3.63, 3.8) is 0 Å². The molecule has 0 amide bonds. The quantitative estimate of drug-likeness (QED) is 0.794. The van der Waals surface area contributed by atoms with Crippen molar-refractivity contribution in [1.29, 1.82) is 0 Å². The van der Waals surface area contributed by atoms with Crippen LogP contribution in [0.25, 0.3) is 0 Å². The number of rotatable bonds is 1. The predicted molar refractivity (Wildman–Crippen MR) is 59.8 cm³/mol. The van der Waals surface area contributed by atoms with E-state index in [1.54, 1.807) is 6.07 Å². The standard InChI is InChI=1S/C13H17FO2/c1-8(2)13(3)7-11(15)10-6-9(14)4-5-12(10)16-13/h4-6,8,11,15H,7H2,1-3H3. The number of hydrogen-bond donors (Lipinski definition) is 1. The van der Waals surface area contributed by atoms with Gasteiger partial charge in [-0.2, -0.15) is 0 Å². The van der Waals surface area contributed by atoms with Crippen LogP contribution in [-0.4, -0.2) is 10.7 Å². The topological polar surface area (TPSA) is 29.5 Å². The minimum absolute atomic E-state index is 0.292. The molecule has 1 heterocycles. The van der Waals surface area contributed by atoms with Crippen LogP contribution in [0, 0.1) is 11.7 Å². The fourth-order valence-corrected chi connectivity index (χ4v) is 2.01. The Kier molecular flexibility index (Phi) is 2.66. The van der Waals surface area contributed by atoms with Crippen molar-refractivity contribution in [1.82, 2.24) is 0 Å².